The van der Waals surface area contributed by atoms with E-state index >= 15 is 0 Å². The first-order chi connectivity index (χ1) is 22.1. The Labute approximate surface area is 274 Å². The van der Waals surface area contributed by atoms with Gasteiger partial charge < -0.3 is 15.0 Å². The lowest BCUT2D eigenvalue weighted by Crippen LogP contribution is -2.53. The summed E-state index contributed by atoms with van der Waals surface area (Å²) in [6, 6.07) is 25.8. The van der Waals surface area contributed by atoms with E-state index in [2.05, 4.69) is 5.32 Å². The average Bonchev–Trinajstić information content (AvgIpc) is 3.07. The van der Waals surface area contributed by atoms with Gasteiger partial charge in [-0.05, 0) is 78.2 Å². The fraction of sp³-hybridized carbons (Fsp3) is 0.257. The molecule has 0 heterocycles. The molecule has 8 nitrogen and oxygen atoms in total. The molecule has 4 aromatic rings. The van der Waals surface area contributed by atoms with Crippen LogP contribution in [0.2, 0.25) is 5.02 Å². The van der Waals surface area contributed by atoms with Crippen molar-refractivity contribution in [3.05, 3.63) is 125 Å². The zero-order valence-corrected chi connectivity index (χ0v) is 27.3. The second-order valence-electron chi connectivity index (χ2n) is 10.7. The summed E-state index contributed by atoms with van der Waals surface area (Å²) in [5.41, 5.74) is 1.61. The van der Waals surface area contributed by atoms with Gasteiger partial charge in [-0.3, -0.25) is 13.9 Å². The number of hydrogen-bond acceptors (Lipinski definition) is 5. The minimum atomic E-state index is -4.33. The molecule has 0 radical (unpaired) electrons. The summed E-state index contributed by atoms with van der Waals surface area (Å²) < 4.78 is 48.2. The van der Waals surface area contributed by atoms with Crippen LogP contribution in [0.15, 0.2) is 108 Å². The molecule has 0 saturated carbocycles. The molecule has 0 spiro atoms. The summed E-state index contributed by atoms with van der Waals surface area (Å²) in [7, 11) is -2.87. The third-order valence-electron chi connectivity index (χ3n) is 7.41. The van der Waals surface area contributed by atoms with Gasteiger partial charge in [0, 0.05) is 24.5 Å². The predicted molar refractivity (Wildman–Crippen MR) is 178 cm³/mol. The van der Waals surface area contributed by atoms with E-state index in [1.807, 2.05) is 37.3 Å². The van der Waals surface area contributed by atoms with E-state index in [4.69, 9.17) is 16.3 Å². The van der Waals surface area contributed by atoms with Crippen LogP contribution < -0.4 is 14.4 Å². The number of rotatable bonds is 15. The maximum atomic E-state index is 14.4. The normalized spacial score (nSPS) is 11.8. The zero-order valence-electron chi connectivity index (χ0n) is 25.7. The predicted octanol–water partition coefficient (Wildman–Crippen LogP) is 6.24. The molecule has 1 atom stereocenters. The number of hydrogen-bond donors (Lipinski definition) is 1. The van der Waals surface area contributed by atoms with Crippen LogP contribution in [0.5, 0.6) is 5.75 Å². The van der Waals surface area contributed by atoms with Gasteiger partial charge in [0.25, 0.3) is 10.0 Å². The molecule has 4 aromatic carbocycles. The first-order valence-corrected chi connectivity index (χ1v) is 16.7. The van der Waals surface area contributed by atoms with Gasteiger partial charge in [0.1, 0.15) is 24.2 Å². The fourth-order valence-corrected chi connectivity index (χ4v) is 6.40. The molecule has 0 aliphatic carbocycles. The minimum absolute atomic E-state index is 0.00847. The topological polar surface area (TPSA) is 96.0 Å². The molecule has 0 fully saturated rings. The lowest BCUT2D eigenvalue weighted by atomic mass is 10.0. The quantitative estimate of drug-likeness (QED) is 0.152. The molecule has 0 aliphatic heterocycles. The number of nitrogens with one attached hydrogen (secondary N) is 1. The minimum Gasteiger partial charge on any atom is -0.497 e. The lowest BCUT2D eigenvalue weighted by Gasteiger charge is -2.34. The van der Waals surface area contributed by atoms with E-state index in [9.17, 15) is 22.4 Å². The van der Waals surface area contributed by atoms with Gasteiger partial charge >= 0.3 is 0 Å². The van der Waals surface area contributed by atoms with Crippen LogP contribution in [0.4, 0.5) is 10.1 Å². The molecule has 46 heavy (non-hydrogen) atoms. The summed E-state index contributed by atoms with van der Waals surface area (Å²) in [5, 5.41) is 3.46. The second-order valence-corrected chi connectivity index (χ2v) is 13.0. The van der Waals surface area contributed by atoms with E-state index < -0.39 is 34.3 Å². The first kappa shape index (κ1) is 34.5. The summed E-state index contributed by atoms with van der Waals surface area (Å²) in [4.78, 5) is 29.5. The van der Waals surface area contributed by atoms with Gasteiger partial charge in [-0.1, -0.05) is 67.4 Å². The van der Waals surface area contributed by atoms with Crippen molar-refractivity contribution in [2.45, 2.75) is 43.7 Å². The molecule has 1 N–H and O–H groups in total. The van der Waals surface area contributed by atoms with Gasteiger partial charge in [0.2, 0.25) is 11.8 Å². The van der Waals surface area contributed by atoms with E-state index in [0.29, 0.717) is 22.9 Å². The van der Waals surface area contributed by atoms with Crippen molar-refractivity contribution >= 4 is 39.1 Å². The number of anilines is 1. The number of sulfonamides is 1. The smallest absolute Gasteiger partial charge is 0.264 e. The van der Waals surface area contributed by atoms with Crippen molar-refractivity contribution in [1.82, 2.24) is 10.2 Å². The Kier molecular flexibility index (Phi) is 12.2. The van der Waals surface area contributed by atoms with Crippen LogP contribution in [0.1, 0.15) is 30.9 Å². The van der Waals surface area contributed by atoms with Crippen molar-refractivity contribution in [3.63, 3.8) is 0 Å². The Morgan fingerprint density at radius 3 is 2.15 bits per heavy atom. The van der Waals surface area contributed by atoms with E-state index in [1.54, 1.807) is 24.3 Å². The maximum absolute atomic E-state index is 14.4. The number of carbonyl (C=O) groups excluding carboxylic acids is 2. The average molecular weight is 666 g/mol. The lowest BCUT2D eigenvalue weighted by molar-refractivity contribution is -0.140. The Bertz CT molecular complexity index is 1690. The van der Waals surface area contributed by atoms with Gasteiger partial charge in [-0.2, -0.15) is 0 Å². The molecule has 2 amide bonds. The van der Waals surface area contributed by atoms with Crippen LogP contribution in [0, 0.1) is 5.82 Å². The third kappa shape index (κ3) is 9.08. The number of methoxy groups -OCH3 is 1. The van der Waals surface area contributed by atoms with Crippen LogP contribution >= 0.6 is 11.6 Å². The molecule has 0 bridgehead atoms. The van der Waals surface area contributed by atoms with Crippen molar-refractivity contribution in [3.8, 4) is 5.75 Å². The molecular formula is C35H37ClFN3O5S. The molecule has 0 unspecified atom stereocenters. The van der Waals surface area contributed by atoms with Crippen LogP contribution in [0.25, 0.3) is 0 Å². The van der Waals surface area contributed by atoms with Gasteiger partial charge in [-0.15, -0.1) is 0 Å². The zero-order chi connectivity index (χ0) is 33.1. The maximum Gasteiger partial charge on any atom is 0.264 e. The SMILES string of the molecule is CCCCNC(=O)[C@H](Cc1ccccc1)N(Cc1ccc(Cl)cc1)C(=O)CN(c1ccc(F)cc1)S(=O)(=O)c1ccc(OC)cc1. The monoisotopic (exact) mass is 665 g/mol. The number of ether oxygens (including phenoxy) is 1. The second kappa shape index (κ2) is 16.2. The van der Waals surface area contributed by atoms with Crippen molar-refractivity contribution in [2.24, 2.45) is 0 Å². The highest BCUT2D eigenvalue weighted by molar-refractivity contribution is 7.92. The Hall–Kier alpha value is -4.41. The third-order valence-corrected chi connectivity index (χ3v) is 9.45. The van der Waals surface area contributed by atoms with Crippen molar-refractivity contribution < 1.29 is 27.1 Å². The van der Waals surface area contributed by atoms with Crippen LogP contribution in [0.3, 0.4) is 0 Å². The number of nitrogens with zero attached hydrogens (tertiary/aromatic N) is 2. The van der Waals surface area contributed by atoms with Gasteiger partial charge in [0.05, 0.1) is 17.7 Å². The molecule has 0 saturated heterocycles. The fourth-order valence-electron chi connectivity index (χ4n) is 4.86. The number of carbonyl (C=O) groups is 2. The summed E-state index contributed by atoms with van der Waals surface area (Å²) in [6.07, 6.45) is 1.82. The van der Waals surface area contributed by atoms with Gasteiger partial charge in [0.15, 0.2) is 0 Å². The Morgan fingerprint density at radius 2 is 1.54 bits per heavy atom. The van der Waals surface area contributed by atoms with Crippen LogP contribution in [-0.2, 0) is 32.6 Å². The Morgan fingerprint density at radius 1 is 0.891 bits per heavy atom. The standard InChI is InChI=1S/C35H37ClFN3O5S/c1-3-4-22-38-35(42)33(23-26-8-6-5-7-9-26)39(24-27-10-12-28(36)13-11-27)34(41)25-40(30-16-14-29(37)15-17-30)46(43,44)32-20-18-31(45-2)19-21-32/h5-21,33H,3-4,22-25H2,1-2H3,(H,38,42)/t33-/m0/s1. The molecular weight excluding hydrogens is 629 g/mol. The van der Waals surface area contributed by atoms with E-state index in [1.165, 1.54) is 48.4 Å². The van der Waals surface area contributed by atoms with E-state index in [-0.39, 0.29) is 29.5 Å². The Balaban J connectivity index is 1.78. The first-order valence-electron chi connectivity index (χ1n) is 14.9. The molecule has 11 heteroatoms. The molecule has 0 aromatic heterocycles. The molecule has 242 valence electrons. The van der Waals surface area contributed by atoms with E-state index in [0.717, 1.165) is 34.8 Å². The van der Waals surface area contributed by atoms with Crippen LogP contribution in [-0.4, -0.2) is 51.4 Å². The summed E-state index contributed by atoms with van der Waals surface area (Å²) >= 11 is 6.12. The highest BCUT2D eigenvalue weighted by Crippen LogP contribution is 2.27. The van der Waals surface area contributed by atoms with Crippen molar-refractivity contribution in [2.75, 3.05) is 24.5 Å². The number of benzene rings is 4. The highest BCUT2D eigenvalue weighted by atomic mass is 35.5. The largest absolute Gasteiger partial charge is 0.497 e. The molecule has 0 aliphatic rings. The summed E-state index contributed by atoms with van der Waals surface area (Å²) in [6.45, 7) is 1.80. The number of halogens is 2. The van der Waals surface area contributed by atoms with Gasteiger partial charge in [-0.25, -0.2) is 12.8 Å². The number of unbranched alkanes of at least 4 members (excludes halogenated alkanes) is 1. The number of amides is 2. The highest BCUT2D eigenvalue weighted by Gasteiger charge is 2.34. The molecule has 4 rings (SSSR count). The summed E-state index contributed by atoms with van der Waals surface area (Å²) in [5.74, 6) is -1.09. The van der Waals surface area contributed by atoms with Crippen molar-refractivity contribution in [1.29, 1.82) is 0 Å².